The Labute approximate surface area is 251 Å². The van der Waals surface area contributed by atoms with E-state index in [1.807, 2.05) is 0 Å². The number of Topliss-reactive ketones (excluding diaryl/α,β-unsaturated/α-hetero) is 1. The number of benzene rings is 1. The van der Waals surface area contributed by atoms with Crippen LogP contribution in [0.3, 0.4) is 0 Å². The summed E-state index contributed by atoms with van der Waals surface area (Å²) >= 11 is 0. The van der Waals surface area contributed by atoms with Crippen molar-refractivity contribution in [3.05, 3.63) is 29.8 Å². The van der Waals surface area contributed by atoms with Crippen LogP contribution in [0.25, 0.3) is 6.08 Å². The summed E-state index contributed by atoms with van der Waals surface area (Å²) in [5.74, 6) is -0.294. The van der Waals surface area contributed by atoms with Gasteiger partial charge in [0.2, 0.25) is 0 Å². The fourth-order valence-corrected chi connectivity index (χ4v) is 5.25. The fourth-order valence-electron chi connectivity index (χ4n) is 5.25. The van der Waals surface area contributed by atoms with Gasteiger partial charge in [0.05, 0.1) is 7.11 Å². The zero-order chi connectivity index (χ0) is 30.0. The second-order valence-corrected chi connectivity index (χ2v) is 11.7. The second kappa shape index (κ2) is 25.4. The van der Waals surface area contributed by atoms with Crippen LogP contribution in [0.2, 0.25) is 0 Å². The molecule has 1 unspecified atom stereocenters. The largest absolute Gasteiger partial charge is 0.504 e. The molecule has 0 spiro atoms. The topological polar surface area (TPSA) is 72.8 Å². The first kappa shape index (κ1) is 36.7. The molecule has 234 valence electrons. The number of phenols is 1. The van der Waals surface area contributed by atoms with E-state index in [4.69, 9.17) is 9.47 Å². The summed E-state index contributed by atoms with van der Waals surface area (Å²) in [6, 6.07) is 4.80. The highest BCUT2D eigenvalue weighted by molar-refractivity contribution is 5.90. The molecular weight excluding hydrogens is 512 g/mol. The molecule has 0 radical (unpaired) electrons. The molecular formula is C36H60O5. The predicted molar refractivity (Wildman–Crippen MR) is 172 cm³/mol. The minimum absolute atomic E-state index is 0.0360. The number of aromatic hydroxyl groups is 1. The van der Waals surface area contributed by atoms with Crippen LogP contribution in [0, 0.1) is 0 Å². The highest BCUT2D eigenvalue weighted by atomic mass is 16.5. The first-order valence-corrected chi connectivity index (χ1v) is 16.7. The van der Waals surface area contributed by atoms with Crippen LogP contribution in [0.4, 0.5) is 0 Å². The second-order valence-electron chi connectivity index (χ2n) is 11.7. The van der Waals surface area contributed by atoms with Crippen LogP contribution in [0.5, 0.6) is 11.5 Å². The van der Waals surface area contributed by atoms with Gasteiger partial charge in [-0.1, -0.05) is 141 Å². The van der Waals surface area contributed by atoms with Gasteiger partial charge in [-0.3, -0.25) is 4.79 Å². The zero-order valence-corrected chi connectivity index (χ0v) is 26.6. The van der Waals surface area contributed by atoms with Gasteiger partial charge in [0, 0.05) is 6.08 Å². The van der Waals surface area contributed by atoms with Crippen LogP contribution in [-0.2, 0) is 14.3 Å². The predicted octanol–water partition coefficient (Wildman–Crippen LogP) is 10.5. The molecule has 41 heavy (non-hydrogen) atoms. The van der Waals surface area contributed by atoms with Crippen molar-refractivity contribution >= 4 is 17.8 Å². The summed E-state index contributed by atoms with van der Waals surface area (Å²) in [6.45, 7) is 3.76. The van der Waals surface area contributed by atoms with E-state index < -0.39 is 12.1 Å². The molecule has 0 amide bonds. The molecule has 1 rings (SSSR count). The average Bonchev–Trinajstić information content (AvgIpc) is 2.96. The first-order chi connectivity index (χ1) is 20.0. The normalized spacial score (nSPS) is 12.1. The number of phenolic OH excluding ortho intramolecular Hbond substituents is 1. The molecule has 0 saturated carbocycles. The summed E-state index contributed by atoms with van der Waals surface area (Å²) in [5.41, 5.74) is 0.695. The van der Waals surface area contributed by atoms with Gasteiger partial charge in [0.1, 0.15) is 0 Å². The van der Waals surface area contributed by atoms with Crippen molar-refractivity contribution in [1.82, 2.24) is 0 Å². The summed E-state index contributed by atoms with van der Waals surface area (Å²) < 4.78 is 10.5. The average molecular weight is 573 g/mol. The maximum absolute atomic E-state index is 12.2. The van der Waals surface area contributed by atoms with E-state index in [0.29, 0.717) is 17.7 Å². The molecule has 1 atom stereocenters. The lowest BCUT2D eigenvalue weighted by molar-refractivity contribution is -0.150. The third-order valence-corrected chi connectivity index (χ3v) is 7.90. The van der Waals surface area contributed by atoms with Crippen molar-refractivity contribution in [3.63, 3.8) is 0 Å². The summed E-state index contributed by atoms with van der Waals surface area (Å²) in [6.07, 6.45) is 30.9. The summed E-state index contributed by atoms with van der Waals surface area (Å²) in [4.78, 5) is 24.2. The van der Waals surface area contributed by atoms with E-state index >= 15 is 0 Å². The number of unbranched alkanes of at least 4 members (excludes halogenated alkanes) is 20. The molecule has 0 aromatic heterocycles. The first-order valence-electron chi connectivity index (χ1n) is 16.7. The van der Waals surface area contributed by atoms with E-state index in [1.165, 1.54) is 148 Å². The van der Waals surface area contributed by atoms with E-state index in [-0.39, 0.29) is 11.5 Å². The van der Waals surface area contributed by atoms with E-state index in [1.54, 1.807) is 18.2 Å². The number of ketones is 1. The van der Waals surface area contributed by atoms with Crippen molar-refractivity contribution in [2.45, 2.75) is 161 Å². The number of methoxy groups -OCH3 is 1. The number of hydrogen-bond acceptors (Lipinski definition) is 5. The molecule has 0 bridgehead atoms. The number of carbonyl (C=O) groups excluding carboxylic acids is 2. The lowest BCUT2D eigenvalue weighted by Gasteiger charge is -2.14. The van der Waals surface area contributed by atoms with Gasteiger partial charge >= 0.3 is 5.97 Å². The van der Waals surface area contributed by atoms with Crippen LogP contribution >= 0.6 is 0 Å². The SMILES string of the molecule is CCCCCCCCCCCCCCCCCCCCCCCC(OC(=O)C=Cc1ccc(O)c(OC)c1)C(C)=O. The Bertz CT molecular complexity index is 831. The van der Waals surface area contributed by atoms with E-state index in [2.05, 4.69) is 6.92 Å². The molecule has 0 aliphatic carbocycles. The van der Waals surface area contributed by atoms with Crippen molar-refractivity contribution < 1.29 is 24.2 Å². The van der Waals surface area contributed by atoms with Gasteiger partial charge in [-0.2, -0.15) is 0 Å². The molecule has 0 aliphatic rings. The number of hydrogen-bond donors (Lipinski definition) is 1. The Morgan fingerprint density at radius 3 is 1.59 bits per heavy atom. The van der Waals surface area contributed by atoms with Gasteiger partial charge in [-0.25, -0.2) is 4.79 Å². The van der Waals surface area contributed by atoms with Crippen molar-refractivity contribution in [1.29, 1.82) is 0 Å². The maximum atomic E-state index is 12.2. The Morgan fingerprint density at radius 2 is 1.17 bits per heavy atom. The standard InChI is InChI=1S/C36H60O5/c1-4-5-6-7-8-9-10-11-12-13-14-15-16-17-18-19-20-21-22-23-24-25-34(31(2)37)41-36(39)29-27-32-26-28-33(38)35(30-32)40-3/h26-30,34,38H,4-25H2,1-3H3. The molecule has 0 fully saturated rings. The summed E-state index contributed by atoms with van der Waals surface area (Å²) in [7, 11) is 1.47. The van der Waals surface area contributed by atoms with Gasteiger partial charge in [-0.15, -0.1) is 0 Å². The Morgan fingerprint density at radius 1 is 0.732 bits per heavy atom. The minimum atomic E-state index is -0.693. The minimum Gasteiger partial charge on any atom is -0.504 e. The molecule has 1 aromatic rings. The van der Waals surface area contributed by atoms with Crippen LogP contribution in [0.15, 0.2) is 24.3 Å². The number of carbonyl (C=O) groups is 2. The highest BCUT2D eigenvalue weighted by Gasteiger charge is 2.17. The van der Waals surface area contributed by atoms with Crippen molar-refractivity contribution in [2.75, 3.05) is 7.11 Å². The lowest BCUT2D eigenvalue weighted by atomic mass is 10.0. The Hall–Kier alpha value is -2.30. The number of rotatable bonds is 27. The van der Waals surface area contributed by atoms with Gasteiger partial charge in [-0.05, 0) is 43.5 Å². The molecule has 1 N–H and O–H groups in total. The third-order valence-electron chi connectivity index (χ3n) is 7.90. The molecule has 0 saturated heterocycles. The molecule has 5 nitrogen and oxygen atoms in total. The molecule has 0 aliphatic heterocycles. The van der Waals surface area contributed by atoms with E-state index in [0.717, 1.165) is 12.8 Å². The lowest BCUT2D eigenvalue weighted by Crippen LogP contribution is -2.24. The van der Waals surface area contributed by atoms with Crippen LogP contribution < -0.4 is 4.74 Å². The molecule has 5 heteroatoms. The number of ether oxygens (including phenoxy) is 2. The fraction of sp³-hybridized carbons (Fsp3) is 0.722. The van der Waals surface area contributed by atoms with Gasteiger partial charge < -0.3 is 14.6 Å². The monoisotopic (exact) mass is 572 g/mol. The van der Waals surface area contributed by atoms with E-state index in [9.17, 15) is 14.7 Å². The van der Waals surface area contributed by atoms with Crippen molar-refractivity contribution in [3.8, 4) is 11.5 Å². The quantitative estimate of drug-likeness (QED) is 0.0645. The zero-order valence-electron chi connectivity index (χ0n) is 26.6. The van der Waals surface area contributed by atoms with Gasteiger partial charge in [0.25, 0.3) is 0 Å². The molecule has 1 aromatic carbocycles. The maximum Gasteiger partial charge on any atom is 0.331 e. The smallest absolute Gasteiger partial charge is 0.331 e. The number of esters is 1. The third kappa shape index (κ3) is 20.3. The van der Waals surface area contributed by atoms with Crippen LogP contribution in [-0.4, -0.2) is 30.1 Å². The van der Waals surface area contributed by atoms with Gasteiger partial charge in [0.15, 0.2) is 23.4 Å². The highest BCUT2D eigenvalue weighted by Crippen LogP contribution is 2.26. The molecule has 0 heterocycles. The van der Waals surface area contributed by atoms with Crippen LogP contribution in [0.1, 0.15) is 161 Å². The van der Waals surface area contributed by atoms with Crippen molar-refractivity contribution in [2.24, 2.45) is 0 Å². The Kier molecular flexibility index (Phi) is 22.8. The Balaban J connectivity index is 1.97. The summed E-state index contributed by atoms with van der Waals surface area (Å²) in [5, 5.41) is 9.67.